The Morgan fingerprint density at radius 3 is 2.67 bits per heavy atom. The largest absolute Gasteiger partial charge is 0.395 e. The van der Waals surface area contributed by atoms with Gasteiger partial charge in [0.2, 0.25) is 5.95 Å². The summed E-state index contributed by atoms with van der Waals surface area (Å²) in [5, 5.41) is 12.5. The third kappa shape index (κ3) is 4.66. The molecule has 10 heteroatoms. The number of nitrogens with zero attached hydrogens (tertiary/aromatic N) is 6. The molecule has 1 aromatic carbocycles. The fourth-order valence-electron chi connectivity index (χ4n) is 4.94. The lowest BCUT2D eigenvalue weighted by molar-refractivity contribution is 0.153. The first-order chi connectivity index (χ1) is 17.3. The number of aromatic nitrogens is 5. The molecule has 4 aromatic rings. The van der Waals surface area contributed by atoms with Gasteiger partial charge in [-0.25, -0.2) is 28.7 Å². The molecule has 5 rings (SSSR count). The zero-order valence-corrected chi connectivity index (χ0v) is 20.5. The van der Waals surface area contributed by atoms with Crippen LogP contribution in [0.2, 0.25) is 0 Å². The monoisotopic (exact) mass is 493 g/mol. The van der Waals surface area contributed by atoms with Gasteiger partial charge in [-0.15, -0.1) is 0 Å². The summed E-state index contributed by atoms with van der Waals surface area (Å²) in [6.45, 7) is 7.63. The van der Waals surface area contributed by atoms with Crippen molar-refractivity contribution in [1.82, 2.24) is 29.4 Å². The smallest absolute Gasteiger partial charge is 0.229 e. The van der Waals surface area contributed by atoms with E-state index in [1.807, 2.05) is 31.4 Å². The number of aryl methyl sites for hydroxylation is 1. The van der Waals surface area contributed by atoms with Gasteiger partial charge < -0.3 is 15.0 Å². The lowest BCUT2D eigenvalue weighted by atomic mass is 10.1. The van der Waals surface area contributed by atoms with Gasteiger partial charge in [-0.2, -0.15) is 0 Å². The van der Waals surface area contributed by atoms with Gasteiger partial charge in [0, 0.05) is 30.4 Å². The second-order valence-electron chi connectivity index (χ2n) is 9.46. The Kier molecular flexibility index (Phi) is 6.63. The number of halogens is 2. The fourth-order valence-corrected chi connectivity index (χ4v) is 4.94. The minimum atomic E-state index is -0.654. The van der Waals surface area contributed by atoms with E-state index in [0.29, 0.717) is 22.7 Å². The SMILES string of the molecule is Cc1nc2c(F)cc(-c3nc(Nc4ccc(CN5CCC[C@H]5CO)cn4)ncc3F)cc2n1C(C)C. The quantitative estimate of drug-likeness (QED) is 0.384. The van der Waals surface area contributed by atoms with E-state index in [4.69, 9.17) is 0 Å². The minimum absolute atomic E-state index is 0.0110. The zero-order chi connectivity index (χ0) is 25.4. The van der Waals surface area contributed by atoms with Crippen LogP contribution in [0.4, 0.5) is 20.5 Å². The van der Waals surface area contributed by atoms with Gasteiger partial charge in [-0.05, 0) is 63.9 Å². The van der Waals surface area contributed by atoms with Crippen molar-refractivity contribution in [2.45, 2.75) is 52.2 Å². The molecule has 36 heavy (non-hydrogen) atoms. The van der Waals surface area contributed by atoms with Crippen LogP contribution in [-0.2, 0) is 6.54 Å². The molecule has 1 fully saturated rings. The van der Waals surface area contributed by atoms with Crippen LogP contribution >= 0.6 is 0 Å². The normalized spacial score (nSPS) is 16.4. The molecule has 4 heterocycles. The standard InChI is InChI=1S/C26H29F2N7O/c1-15(2)35-16(3)31-25-20(27)9-18(10-22(25)35)24-21(28)12-30-26(33-24)32-23-7-6-17(11-29-23)13-34-8-4-5-19(34)14-36/h6-7,9-12,15,19,36H,4-5,8,13-14H2,1-3H3,(H,29,30,32,33)/t19-/m0/s1. The van der Waals surface area contributed by atoms with Crippen molar-refractivity contribution in [2.75, 3.05) is 18.5 Å². The number of hydrogen-bond donors (Lipinski definition) is 2. The highest BCUT2D eigenvalue weighted by Gasteiger charge is 2.23. The molecule has 1 atom stereocenters. The number of pyridine rings is 1. The summed E-state index contributed by atoms with van der Waals surface area (Å²) in [6.07, 6.45) is 4.91. The van der Waals surface area contributed by atoms with Crippen LogP contribution in [-0.4, -0.2) is 53.7 Å². The summed E-state index contributed by atoms with van der Waals surface area (Å²) in [6, 6.07) is 6.97. The number of fused-ring (bicyclic) bond motifs is 1. The predicted octanol–water partition coefficient (Wildman–Crippen LogP) is 4.76. The van der Waals surface area contributed by atoms with Crippen molar-refractivity contribution in [1.29, 1.82) is 0 Å². The second kappa shape index (κ2) is 9.87. The molecule has 0 spiro atoms. The maximum atomic E-state index is 14.9. The van der Waals surface area contributed by atoms with Gasteiger partial charge in [0.25, 0.3) is 0 Å². The molecule has 0 amide bonds. The van der Waals surface area contributed by atoms with Crippen LogP contribution in [0.1, 0.15) is 44.1 Å². The fraction of sp³-hybridized carbons (Fsp3) is 0.385. The lowest BCUT2D eigenvalue weighted by Crippen LogP contribution is -2.31. The van der Waals surface area contributed by atoms with Crippen molar-refractivity contribution in [3.05, 3.63) is 59.7 Å². The van der Waals surface area contributed by atoms with Crippen LogP contribution in [0.25, 0.3) is 22.3 Å². The number of likely N-dealkylation sites (tertiary alicyclic amines) is 1. The van der Waals surface area contributed by atoms with E-state index in [9.17, 15) is 13.9 Å². The Morgan fingerprint density at radius 1 is 1.11 bits per heavy atom. The van der Waals surface area contributed by atoms with Crippen LogP contribution < -0.4 is 5.32 Å². The van der Waals surface area contributed by atoms with Crippen molar-refractivity contribution in [2.24, 2.45) is 0 Å². The molecule has 0 saturated carbocycles. The van der Waals surface area contributed by atoms with E-state index in [0.717, 1.165) is 37.7 Å². The van der Waals surface area contributed by atoms with E-state index >= 15 is 0 Å². The molecule has 1 saturated heterocycles. The van der Waals surface area contributed by atoms with Gasteiger partial charge in [-0.3, -0.25) is 4.90 Å². The topological polar surface area (TPSA) is 92.0 Å². The molecular weight excluding hydrogens is 464 g/mol. The summed E-state index contributed by atoms with van der Waals surface area (Å²) in [4.78, 5) is 19.4. The summed E-state index contributed by atoms with van der Waals surface area (Å²) in [7, 11) is 0. The van der Waals surface area contributed by atoms with E-state index in [1.165, 1.54) is 6.07 Å². The number of nitrogens with one attached hydrogen (secondary N) is 1. The molecule has 3 aromatic heterocycles. The van der Waals surface area contributed by atoms with Gasteiger partial charge >= 0.3 is 0 Å². The van der Waals surface area contributed by atoms with Gasteiger partial charge in [0.15, 0.2) is 11.6 Å². The number of benzene rings is 1. The van der Waals surface area contributed by atoms with Crippen LogP contribution in [0.3, 0.4) is 0 Å². The van der Waals surface area contributed by atoms with E-state index in [2.05, 4.69) is 30.2 Å². The second-order valence-corrected chi connectivity index (χ2v) is 9.46. The molecule has 1 aliphatic heterocycles. The average Bonchev–Trinajstić information content (AvgIpc) is 3.44. The van der Waals surface area contributed by atoms with Crippen molar-refractivity contribution < 1.29 is 13.9 Å². The first-order valence-corrected chi connectivity index (χ1v) is 12.1. The molecule has 188 valence electrons. The molecule has 8 nitrogen and oxygen atoms in total. The summed E-state index contributed by atoms with van der Waals surface area (Å²) < 4.78 is 31.6. The van der Waals surface area contributed by atoms with Crippen molar-refractivity contribution in [3.63, 3.8) is 0 Å². The van der Waals surface area contributed by atoms with Crippen molar-refractivity contribution >= 4 is 22.8 Å². The molecule has 0 aliphatic carbocycles. The Hall–Kier alpha value is -3.50. The maximum absolute atomic E-state index is 14.9. The number of aliphatic hydroxyl groups is 1. The van der Waals surface area contributed by atoms with Gasteiger partial charge in [0.05, 0.1) is 18.3 Å². The maximum Gasteiger partial charge on any atom is 0.229 e. The van der Waals surface area contributed by atoms with Crippen LogP contribution in [0, 0.1) is 18.6 Å². The Labute approximate surface area is 208 Å². The zero-order valence-electron chi connectivity index (χ0n) is 20.5. The Bertz CT molecular complexity index is 1390. The Balaban J connectivity index is 1.39. The third-order valence-corrected chi connectivity index (χ3v) is 6.62. The molecule has 0 radical (unpaired) electrons. The summed E-state index contributed by atoms with van der Waals surface area (Å²) in [5.74, 6) is 0.162. The Morgan fingerprint density at radius 2 is 1.94 bits per heavy atom. The van der Waals surface area contributed by atoms with Crippen LogP contribution in [0.15, 0.2) is 36.7 Å². The highest BCUT2D eigenvalue weighted by atomic mass is 19.1. The molecule has 2 N–H and O–H groups in total. The van der Waals surface area contributed by atoms with E-state index < -0.39 is 11.6 Å². The molecular formula is C26H29F2N7O. The molecule has 0 unspecified atom stereocenters. The van der Waals surface area contributed by atoms with Crippen LogP contribution in [0.5, 0.6) is 0 Å². The number of aliphatic hydroxyl groups excluding tert-OH is 1. The van der Waals surface area contributed by atoms with Gasteiger partial charge in [0.1, 0.15) is 22.9 Å². The summed E-state index contributed by atoms with van der Waals surface area (Å²) >= 11 is 0. The molecule has 1 aliphatic rings. The van der Waals surface area contributed by atoms with E-state index in [-0.39, 0.29) is 35.8 Å². The summed E-state index contributed by atoms with van der Waals surface area (Å²) in [5.41, 5.74) is 2.16. The lowest BCUT2D eigenvalue weighted by Gasteiger charge is -2.22. The predicted molar refractivity (Wildman–Crippen MR) is 134 cm³/mol. The number of rotatable bonds is 7. The number of imidazole rings is 1. The highest BCUT2D eigenvalue weighted by molar-refractivity contribution is 5.83. The third-order valence-electron chi connectivity index (χ3n) is 6.62. The van der Waals surface area contributed by atoms with Gasteiger partial charge in [-0.1, -0.05) is 6.07 Å². The first kappa shape index (κ1) is 24.2. The number of anilines is 2. The highest BCUT2D eigenvalue weighted by Crippen LogP contribution is 2.30. The van der Waals surface area contributed by atoms with E-state index in [1.54, 1.807) is 18.3 Å². The first-order valence-electron chi connectivity index (χ1n) is 12.1. The molecule has 0 bridgehead atoms. The average molecular weight is 494 g/mol. The number of hydrogen-bond acceptors (Lipinski definition) is 7. The van der Waals surface area contributed by atoms with Crippen molar-refractivity contribution in [3.8, 4) is 11.3 Å². The minimum Gasteiger partial charge on any atom is -0.395 e.